The number of ether oxygens (including phenoxy) is 1. The van der Waals surface area contributed by atoms with Gasteiger partial charge in [0, 0.05) is 12.1 Å². The van der Waals surface area contributed by atoms with Crippen LogP contribution < -0.4 is 0 Å². The summed E-state index contributed by atoms with van der Waals surface area (Å²) in [7, 11) is 0. The van der Waals surface area contributed by atoms with Crippen molar-refractivity contribution in [3.63, 3.8) is 0 Å². The molecule has 0 unspecified atom stereocenters. The van der Waals surface area contributed by atoms with Crippen LogP contribution in [0.5, 0.6) is 0 Å². The Morgan fingerprint density at radius 1 is 0.732 bits per heavy atom. The topological polar surface area (TPSA) is 118 Å². The Hall–Kier alpha value is -3.88. The highest BCUT2D eigenvalue weighted by Gasteiger charge is 2.61. The molecule has 0 radical (unpaired) electrons. The van der Waals surface area contributed by atoms with Gasteiger partial charge in [0.05, 0.1) is 23.7 Å². The van der Waals surface area contributed by atoms with Crippen LogP contribution in [-0.2, 0) is 28.7 Å². The van der Waals surface area contributed by atoms with Crippen molar-refractivity contribution in [3.8, 4) is 0 Å². The number of amides is 4. The van der Waals surface area contributed by atoms with Gasteiger partial charge in [0.2, 0.25) is 23.6 Å². The van der Waals surface area contributed by atoms with Gasteiger partial charge in [-0.3, -0.25) is 33.8 Å². The largest absolute Gasteiger partial charge is 0.456 e. The molecule has 0 N–H and O–H groups in total. The lowest BCUT2D eigenvalue weighted by Gasteiger charge is -2.26. The smallest absolute Gasteiger partial charge is 0.329 e. The molecule has 2 aliphatic heterocycles. The van der Waals surface area contributed by atoms with Crippen LogP contribution in [0.4, 0.5) is 0 Å². The van der Waals surface area contributed by atoms with Crippen molar-refractivity contribution < 1.29 is 33.5 Å². The SMILES string of the molecule is O=C(COC(=O)[C@H](CCCCN1C(=O)[C@@H]2[C@H](C1=O)[C@H]1C=C[C@H]2C1)N1C(=O)[C@H]2[C@H](C1=O)[C@H]1C=C[C@H]2C1)c1ccccc1. The Morgan fingerprint density at radius 3 is 1.78 bits per heavy atom. The van der Waals surface area contributed by atoms with E-state index >= 15 is 0 Å². The summed E-state index contributed by atoms with van der Waals surface area (Å²) in [6, 6.07) is 7.30. The van der Waals surface area contributed by atoms with Crippen molar-refractivity contribution in [2.24, 2.45) is 47.3 Å². The Kier molecular flexibility index (Phi) is 6.28. The normalized spacial score (nSPS) is 34.6. The standard InChI is InChI=1S/C32H32N2O7/c35-23(17-6-2-1-3-7-17)16-41-32(40)22(34-30(38)26-20-11-12-21(15-20)27(26)31(34)39)8-4-5-13-33-28(36)24-18-9-10-19(14-18)25(24)29(33)37/h1-3,6-7,9-12,18-22,24-27H,4-5,8,13-16H2/t18-,19-,20-,21-,22-,24-,25+,26+,27+/m0/s1. The maximum Gasteiger partial charge on any atom is 0.329 e. The summed E-state index contributed by atoms with van der Waals surface area (Å²) in [6.07, 6.45) is 10.7. The van der Waals surface area contributed by atoms with Gasteiger partial charge >= 0.3 is 5.97 Å². The molecular formula is C32H32N2O7. The highest BCUT2D eigenvalue weighted by atomic mass is 16.5. The Balaban J connectivity index is 1.02. The van der Waals surface area contributed by atoms with Crippen LogP contribution in [0.3, 0.4) is 0 Å². The lowest BCUT2D eigenvalue weighted by molar-refractivity contribution is -0.159. The third kappa shape index (κ3) is 4.03. The van der Waals surface area contributed by atoms with Crippen LogP contribution in [0.25, 0.3) is 0 Å². The first kappa shape index (κ1) is 26.0. The second-order valence-corrected chi connectivity index (χ2v) is 12.3. The van der Waals surface area contributed by atoms with E-state index < -0.39 is 30.5 Å². The van der Waals surface area contributed by atoms with Crippen molar-refractivity contribution in [2.45, 2.75) is 38.1 Å². The zero-order chi connectivity index (χ0) is 28.4. The second kappa shape index (κ2) is 9.89. The molecule has 9 atom stereocenters. The fourth-order valence-corrected chi connectivity index (χ4v) is 8.32. The summed E-state index contributed by atoms with van der Waals surface area (Å²) in [5.74, 6) is -3.26. The summed E-state index contributed by atoms with van der Waals surface area (Å²) in [4.78, 5) is 81.4. The number of unbranched alkanes of at least 4 members (excludes halogenated alkanes) is 1. The van der Waals surface area contributed by atoms with Crippen molar-refractivity contribution in [1.29, 1.82) is 0 Å². The minimum atomic E-state index is -1.16. The number of likely N-dealkylation sites (tertiary alicyclic amines) is 2. The molecule has 4 amide bonds. The number of benzene rings is 1. The van der Waals surface area contributed by atoms with E-state index in [9.17, 15) is 28.8 Å². The Morgan fingerprint density at radius 2 is 1.24 bits per heavy atom. The van der Waals surface area contributed by atoms with E-state index in [4.69, 9.17) is 4.74 Å². The van der Waals surface area contributed by atoms with Crippen LogP contribution in [-0.4, -0.2) is 64.4 Å². The number of allylic oxidation sites excluding steroid dienone is 4. The van der Waals surface area contributed by atoms with Crippen molar-refractivity contribution in [2.75, 3.05) is 13.2 Å². The van der Waals surface area contributed by atoms with Crippen LogP contribution in [0.2, 0.25) is 0 Å². The number of esters is 1. The van der Waals surface area contributed by atoms with Gasteiger partial charge in [-0.2, -0.15) is 0 Å². The van der Waals surface area contributed by atoms with Gasteiger partial charge in [-0.15, -0.1) is 0 Å². The molecule has 2 saturated carbocycles. The van der Waals surface area contributed by atoms with E-state index in [2.05, 4.69) is 12.2 Å². The van der Waals surface area contributed by atoms with Crippen molar-refractivity contribution in [3.05, 3.63) is 60.2 Å². The summed E-state index contributed by atoms with van der Waals surface area (Å²) in [5, 5.41) is 0. The predicted octanol–water partition coefficient (Wildman–Crippen LogP) is 2.57. The van der Waals surface area contributed by atoms with E-state index in [0.29, 0.717) is 18.4 Å². The first-order valence-electron chi connectivity index (χ1n) is 14.7. The number of imide groups is 2. The molecule has 4 bridgehead atoms. The van der Waals surface area contributed by atoms with E-state index in [1.807, 2.05) is 12.2 Å². The van der Waals surface area contributed by atoms with Crippen LogP contribution in [0, 0.1) is 47.3 Å². The maximum absolute atomic E-state index is 13.5. The minimum absolute atomic E-state index is 0.000736. The maximum atomic E-state index is 13.5. The number of hydrogen-bond donors (Lipinski definition) is 0. The second-order valence-electron chi connectivity index (χ2n) is 12.3. The number of rotatable bonds is 10. The molecule has 9 nitrogen and oxygen atoms in total. The molecule has 0 spiro atoms. The zero-order valence-electron chi connectivity index (χ0n) is 22.6. The molecule has 41 heavy (non-hydrogen) atoms. The monoisotopic (exact) mass is 556 g/mol. The lowest BCUT2D eigenvalue weighted by atomic mass is 9.85. The highest BCUT2D eigenvalue weighted by molar-refractivity contribution is 6.09. The number of fused-ring (bicyclic) bond motifs is 10. The van der Waals surface area contributed by atoms with E-state index in [1.165, 1.54) is 4.90 Å². The number of hydrogen-bond acceptors (Lipinski definition) is 7. The molecule has 6 aliphatic rings. The molecule has 9 heteroatoms. The minimum Gasteiger partial charge on any atom is -0.456 e. The molecule has 2 saturated heterocycles. The van der Waals surface area contributed by atoms with Gasteiger partial charge < -0.3 is 4.74 Å². The molecule has 4 fully saturated rings. The molecule has 7 rings (SSSR count). The average molecular weight is 557 g/mol. The fraction of sp³-hybridized carbons (Fsp3) is 0.500. The summed E-state index contributed by atoms with van der Waals surface area (Å²) < 4.78 is 5.39. The summed E-state index contributed by atoms with van der Waals surface area (Å²) in [5.41, 5.74) is 0.399. The van der Waals surface area contributed by atoms with Gasteiger partial charge in [-0.1, -0.05) is 54.6 Å². The van der Waals surface area contributed by atoms with Crippen molar-refractivity contribution in [1.82, 2.24) is 9.80 Å². The number of carbonyl (C=O) groups excluding carboxylic acids is 6. The summed E-state index contributed by atoms with van der Waals surface area (Å²) in [6.45, 7) is -0.259. The van der Waals surface area contributed by atoms with Gasteiger partial charge in [-0.25, -0.2) is 4.79 Å². The highest BCUT2D eigenvalue weighted by Crippen LogP contribution is 2.54. The van der Waals surface area contributed by atoms with Crippen molar-refractivity contribution >= 4 is 35.4 Å². The third-order valence-electron chi connectivity index (χ3n) is 10.2. The van der Waals surface area contributed by atoms with E-state index in [0.717, 1.165) is 17.7 Å². The van der Waals surface area contributed by atoms with Crippen LogP contribution >= 0.6 is 0 Å². The average Bonchev–Trinajstić information content (AvgIpc) is 3.83. The molecule has 2 heterocycles. The zero-order valence-corrected chi connectivity index (χ0v) is 22.6. The quantitative estimate of drug-likeness (QED) is 0.143. The number of Topliss-reactive ketones (excluding diaryl/α,β-unsaturated/α-hetero) is 1. The molecule has 0 aromatic heterocycles. The van der Waals surface area contributed by atoms with Gasteiger partial charge in [0.1, 0.15) is 6.04 Å². The fourth-order valence-electron chi connectivity index (χ4n) is 8.32. The van der Waals surface area contributed by atoms with Gasteiger partial charge in [0.25, 0.3) is 0 Å². The van der Waals surface area contributed by atoms with Crippen LogP contribution in [0.1, 0.15) is 42.5 Å². The van der Waals surface area contributed by atoms with E-state index in [-0.39, 0.29) is 77.9 Å². The number of carbonyl (C=O) groups is 6. The van der Waals surface area contributed by atoms with E-state index in [1.54, 1.807) is 30.3 Å². The third-order valence-corrected chi connectivity index (χ3v) is 10.2. The first-order valence-corrected chi connectivity index (χ1v) is 14.7. The predicted molar refractivity (Wildman–Crippen MR) is 143 cm³/mol. The van der Waals surface area contributed by atoms with Gasteiger partial charge in [0.15, 0.2) is 12.4 Å². The molecule has 1 aromatic carbocycles. The Bertz CT molecular complexity index is 1340. The van der Waals surface area contributed by atoms with Crippen LogP contribution in [0.15, 0.2) is 54.6 Å². The molecular weight excluding hydrogens is 524 g/mol. The summed E-state index contributed by atoms with van der Waals surface area (Å²) >= 11 is 0. The molecule has 1 aromatic rings. The first-order chi connectivity index (χ1) is 19.8. The molecule has 4 aliphatic carbocycles. The molecule has 212 valence electrons. The number of ketones is 1. The Labute approximate surface area is 237 Å². The van der Waals surface area contributed by atoms with Gasteiger partial charge in [-0.05, 0) is 55.8 Å². The number of nitrogens with zero attached hydrogens (tertiary/aromatic N) is 2. The lowest BCUT2D eigenvalue weighted by Crippen LogP contribution is -2.47.